The zero-order valence-corrected chi connectivity index (χ0v) is 12.3. The first kappa shape index (κ1) is 13.3. The van der Waals surface area contributed by atoms with Crippen LogP contribution in [-0.4, -0.2) is 32.9 Å². The molecule has 1 saturated heterocycles. The van der Waals surface area contributed by atoms with Gasteiger partial charge in [-0.3, -0.25) is 9.88 Å². The standard InChI is InChI=1S/C16H22N4/c1-12-5-3-7-15(18-12)11-20-8-4-6-14(10-20)16-17-9-13(2)19-16/h3,5,7,9,14H,4,6,8,10-11H2,1-2H3,(H,17,19)/t14-/m1/s1. The molecular formula is C16H22N4. The number of H-pyrrole nitrogens is 1. The number of hydrogen-bond acceptors (Lipinski definition) is 3. The van der Waals surface area contributed by atoms with Gasteiger partial charge in [0, 0.05) is 36.6 Å². The molecule has 1 aliphatic heterocycles. The number of aryl methyl sites for hydroxylation is 2. The lowest BCUT2D eigenvalue weighted by Crippen LogP contribution is -2.34. The van der Waals surface area contributed by atoms with Crippen molar-refractivity contribution in [3.8, 4) is 0 Å². The van der Waals surface area contributed by atoms with Gasteiger partial charge in [-0.25, -0.2) is 4.98 Å². The number of rotatable bonds is 3. The average Bonchev–Trinajstić information content (AvgIpc) is 2.86. The monoisotopic (exact) mass is 270 g/mol. The van der Waals surface area contributed by atoms with E-state index in [1.54, 1.807) is 0 Å². The zero-order chi connectivity index (χ0) is 13.9. The Labute approximate surface area is 120 Å². The van der Waals surface area contributed by atoms with Crippen molar-refractivity contribution in [3.63, 3.8) is 0 Å². The first-order chi connectivity index (χ1) is 9.70. The number of pyridine rings is 1. The highest BCUT2D eigenvalue weighted by molar-refractivity contribution is 5.11. The van der Waals surface area contributed by atoms with Crippen molar-refractivity contribution in [3.05, 3.63) is 47.3 Å². The third-order valence-corrected chi connectivity index (χ3v) is 3.95. The van der Waals surface area contributed by atoms with Gasteiger partial charge >= 0.3 is 0 Å². The highest BCUT2D eigenvalue weighted by atomic mass is 15.1. The van der Waals surface area contributed by atoms with Gasteiger partial charge in [-0.1, -0.05) is 6.07 Å². The number of nitrogens with zero attached hydrogens (tertiary/aromatic N) is 3. The summed E-state index contributed by atoms with van der Waals surface area (Å²) in [5.41, 5.74) is 3.41. The molecule has 1 fully saturated rings. The van der Waals surface area contributed by atoms with Crippen molar-refractivity contribution >= 4 is 0 Å². The van der Waals surface area contributed by atoms with Crippen LogP contribution in [0.3, 0.4) is 0 Å². The molecule has 0 spiro atoms. The topological polar surface area (TPSA) is 44.8 Å². The van der Waals surface area contributed by atoms with Gasteiger partial charge in [0.25, 0.3) is 0 Å². The number of nitrogens with one attached hydrogen (secondary N) is 1. The quantitative estimate of drug-likeness (QED) is 0.932. The van der Waals surface area contributed by atoms with E-state index < -0.39 is 0 Å². The van der Waals surface area contributed by atoms with Gasteiger partial charge in [0.05, 0.1) is 5.69 Å². The van der Waals surface area contributed by atoms with Gasteiger partial charge < -0.3 is 4.98 Å². The van der Waals surface area contributed by atoms with Crippen molar-refractivity contribution in [1.82, 2.24) is 19.9 Å². The lowest BCUT2D eigenvalue weighted by Gasteiger charge is -2.31. The summed E-state index contributed by atoms with van der Waals surface area (Å²) in [6.45, 7) is 7.29. The summed E-state index contributed by atoms with van der Waals surface area (Å²) in [6.07, 6.45) is 4.39. The molecular weight excluding hydrogens is 248 g/mol. The van der Waals surface area contributed by atoms with E-state index >= 15 is 0 Å². The molecule has 1 aliphatic rings. The van der Waals surface area contributed by atoms with Crippen molar-refractivity contribution < 1.29 is 0 Å². The largest absolute Gasteiger partial charge is 0.346 e. The van der Waals surface area contributed by atoms with E-state index in [1.807, 2.05) is 19.2 Å². The summed E-state index contributed by atoms with van der Waals surface area (Å²) in [5.74, 6) is 1.67. The molecule has 106 valence electrons. The molecule has 20 heavy (non-hydrogen) atoms. The predicted octanol–water partition coefficient (Wildman–Crippen LogP) is 2.80. The van der Waals surface area contributed by atoms with Gasteiger partial charge in [-0.15, -0.1) is 0 Å². The molecule has 2 aromatic rings. The predicted molar refractivity (Wildman–Crippen MR) is 79.6 cm³/mol. The Morgan fingerprint density at radius 1 is 1.35 bits per heavy atom. The van der Waals surface area contributed by atoms with Crippen LogP contribution < -0.4 is 0 Å². The second-order valence-electron chi connectivity index (χ2n) is 5.80. The average molecular weight is 270 g/mol. The van der Waals surface area contributed by atoms with Crippen LogP contribution in [0.5, 0.6) is 0 Å². The van der Waals surface area contributed by atoms with Crippen molar-refractivity contribution in [2.75, 3.05) is 13.1 Å². The second-order valence-corrected chi connectivity index (χ2v) is 5.80. The summed E-state index contributed by atoms with van der Waals surface area (Å²) in [4.78, 5) is 15.0. The van der Waals surface area contributed by atoms with E-state index in [0.29, 0.717) is 5.92 Å². The van der Waals surface area contributed by atoms with Crippen LogP contribution in [0.4, 0.5) is 0 Å². The van der Waals surface area contributed by atoms with Gasteiger partial charge in [0.1, 0.15) is 5.82 Å². The zero-order valence-electron chi connectivity index (χ0n) is 12.3. The van der Waals surface area contributed by atoms with Crippen LogP contribution in [0, 0.1) is 13.8 Å². The Hall–Kier alpha value is -1.68. The molecule has 4 heteroatoms. The van der Waals surface area contributed by atoms with Crippen LogP contribution in [0.25, 0.3) is 0 Å². The number of likely N-dealkylation sites (tertiary alicyclic amines) is 1. The van der Waals surface area contributed by atoms with E-state index in [9.17, 15) is 0 Å². The number of piperidine rings is 1. The Kier molecular flexibility index (Phi) is 3.83. The molecule has 0 amide bonds. The second kappa shape index (κ2) is 5.75. The Balaban J connectivity index is 1.66. The van der Waals surface area contributed by atoms with Crippen molar-refractivity contribution in [2.45, 2.75) is 39.2 Å². The third kappa shape index (κ3) is 3.07. The molecule has 0 aromatic carbocycles. The summed E-state index contributed by atoms with van der Waals surface area (Å²) >= 11 is 0. The van der Waals surface area contributed by atoms with E-state index in [0.717, 1.165) is 36.8 Å². The molecule has 3 heterocycles. The minimum atomic E-state index is 0.530. The Morgan fingerprint density at radius 2 is 2.25 bits per heavy atom. The summed E-state index contributed by atoms with van der Waals surface area (Å²) in [6, 6.07) is 6.26. The summed E-state index contributed by atoms with van der Waals surface area (Å²) in [5, 5.41) is 0. The lowest BCUT2D eigenvalue weighted by molar-refractivity contribution is 0.195. The van der Waals surface area contributed by atoms with Crippen LogP contribution in [0.15, 0.2) is 24.4 Å². The molecule has 3 rings (SSSR count). The smallest absolute Gasteiger partial charge is 0.110 e. The van der Waals surface area contributed by atoms with Crippen LogP contribution >= 0.6 is 0 Å². The fourth-order valence-electron chi connectivity index (χ4n) is 2.98. The molecule has 0 radical (unpaired) electrons. The van der Waals surface area contributed by atoms with E-state index in [1.165, 1.54) is 18.5 Å². The van der Waals surface area contributed by atoms with Crippen LogP contribution in [0.1, 0.15) is 41.7 Å². The summed E-state index contributed by atoms with van der Waals surface area (Å²) < 4.78 is 0. The van der Waals surface area contributed by atoms with E-state index in [-0.39, 0.29) is 0 Å². The fraction of sp³-hybridized carbons (Fsp3) is 0.500. The van der Waals surface area contributed by atoms with E-state index in [2.05, 4.69) is 38.9 Å². The molecule has 0 unspecified atom stereocenters. The number of aromatic nitrogens is 3. The number of aromatic amines is 1. The fourth-order valence-corrected chi connectivity index (χ4v) is 2.98. The highest BCUT2D eigenvalue weighted by Crippen LogP contribution is 2.25. The molecule has 0 bridgehead atoms. The lowest BCUT2D eigenvalue weighted by atomic mass is 9.97. The van der Waals surface area contributed by atoms with Gasteiger partial charge in [-0.05, 0) is 45.4 Å². The number of hydrogen-bond donors (Lipinski definition) is 1. The first-order valence-electron chi connectivity index (χ1n) is 7.37. The van der Waals surface area contributed by atoms with Crippen molar-refractivity contribution in [2.24, 2.45) is 0 Å². The maximum absolute atomic E-state index is 4.60. The molecule has 2 aromatic heterocycles. The minimum absolute atomic E-state index is 0.530. The summed E-state index contributed by atoms with van der Waals surface area (Å²) in [7, 11) is 0. The SMILES string of the molecule is Cc1cccc(CN2CCC[C@@H](c3ncc(C)[nH]3)C2)n1. The molecule has 1 atom stereocenters. The van der Waals surface area contributed by atoms with Gasteiger partial charge in [0.15, 0.2) is 0 Å². The normalized spacial score (nSPS) is 20.2. The van der Waals surface area contributed by atoms with Gasteiger partial charge in [0.2, 0.25) is 0 Å². The van der Waals surface area contributed by atoms with Crippen molar-refractivity contribution in [1.29, 1.82) is 0 Å². The minimum Gasteiger partial charge on any atom is -0.346 e. The first-order valence-corrected chi connectivity index (χ1v) is 7.37. The molecule has 0 saturated carbocycles. The molecule has 0 aliphatic carbocycles. The highest BCUT2D eigenvalue weighted by Gasteiger charge is 2.23. The Morgan fingerprint density at radius 3 is 3.00 bits per heavy atom. The molecule has 4 nitrogen and oxygen atoms in total. The Bertz CT molecular complexity index is 575. The van der Waals surface area contributed by atoms with Crippen LogP contribution in [-0.2, 0) is 6.54 Å². The maximum Gasteiger partial charge on any atom is 0.110 e. The number of imidazole rings is 1. The third-order valence-electron chi connectivity index (χ3n) is 3.95. The van der Waals surface area contributed by atoms with Gasteiger partial charge in [-0.2, -0.15) is 0 Å². The maximum atomic E-state index is 4.60. The van der Waals surface area contributed by atoms with E-state index in [4.69, 9.17) is 0 Å². The van der Waals surface area contributed by atoms with Crippen LogP contribution in [0.2, 0.25) is 0 Å². The molecule has 1 N–H and O–H groups in total.